The summed E-state index contributed by atoms with van der Waals surface area (Å²) in [5, 5.41) is 2.68. The van der Waals surface area contributed by atoms with Crippen LogP contribution in [0.25, 0.3) is 32.9 Å². The first-order valence-electron chi connectivity index (χ1n) is 10.8. The molecule has 0 saturated carbocycles. The summed E-state index contributed by atoms with van der Waals surface area (Å²) in [5.41, 5.74) is 8.35. The van der Waals surface area contributed by atoms with Crippen LogP contribution in [0.1, 0.15) is 31.4 Å². The number of para-hydroxylation sites is 2. The third-order valence-electron chi connectivity index (χ3n) is 5.53. The fourth-order valence-electron chi connectivity index (χ4n) is 4.20. The number of nitrogens with zero attached hydrogens (tertiary/aromatic N) is 1. The highest BCUT2D eigenvalue weighted by Gasteiger charge is 2.15. The summed E-state index contributed by atoms with van der Waals surface area (Å²) in [7, 11) is 2.12. The van der Waals surface area contributed by atoms with Crippen molar-refractivity contribution >= 4 is 21.8 Å². The van der Waals surface area contributed by atoms with E-state index in [2.05, 4.69) is 123 Å². The van der Waals surface area contributed by atoms with Crippen molar-refractivity contribution in [2.45, 2.75) is 26.7 Å². The lowest BCUT2D eigenvalue weighted by Crippen LogP contribution is -1.84. The lowest BCUT2D eigenvalue weighted by molar-refractivity contribution is 1.01. The Morgan fingerprint density at radius 3 is 1.40 bits per heavy atom. The average Bonchev–Trinajstić information content (AvgIpc) is 3.31. The van der Waals surface area contributed by atoms with Crippen LogP contribution in [0.3, 0.4) is 0 Å². The molecule has 1 aromatic heterocycles. The molecule has 0 atom stereocenters. The van der Waals surface area contributed by atoms with E-state index in [1.54, 1.807) is 0 Å². The Bertz CT molecular complexity index is 1180. The van der Waals surface area contributed by atoms with Gasteiger partial charge in [-0.2, -0.15) is 0 Å². The molecule has 0 saturated heterocycles. The first-order valence-corrected chi connectivity index (χ1v) is 10.8. The van der Waals surface area contributed by atoms with Gasteiger partial charge in [-0.15, -0.1) is 0 Å². The molecule has 0 amide bonds. The quantitative estimate of drug-likeness (QED) is 0.247. The molecule has 0 radical (unpaired) electrons. The van der Waals surface area contributed by atoms with Gasteiger partial charge in [0, 0.05) is 28.9 Å². The van der Waals surface area contributed by atoms with Crippen molar-refractivity contribution in [2.75, 3.05) is 0 Å². The lowest BCUT2D eigenvalue weighted by atomic mass is 10.1. The smallest absolute Gasteiger partial charge is 0.0488 e. The summed E-state index contributed by atoms with van der Waals surface area (Å²) in [5.74, 6) is 0. The van der Waals surface area contributed by atoms with Crippen molar-refractivity contribution in [2.24, 2.45) is 7.05 Å². The number of aryl methyl sites for hydroxylation is 1. The van der Waals surface area contributed by atoms with Gasteiger partial charge in [0.15, 0.2) is 0 Å². The zero-order chi connectivity index (χ0) is 20.9. The standard InChI is InChI=1S/C13H11N.C13H10.C3H8/c1-14-12-8-4-2-6-10(12)11-7-3-5-9-13(11)14;1-3-7-12-10(5-1)9-11-6-2-4-8-13(11)12;1-3-2/h2-9H,1H3;1-8H,9H2;3H2,1-2H3. The Morgan fingerprint density at radius 1 is 0.567 bits per heavy atom. The molecular formula is C29H29N. The predicted molar refractivity (Wildman–Crippen MR) is 131 cm³/mol. The van der Waals surface area contributed by atoms with E-state index >= 15 is 0 Å². The predicted octanol–water partition coefficient (Wildman–Crippen LogP) is 8.01. The monoisotopic (exact) mass is 391 g/mol. The zero-order valence-electron chi connectivity index (χ0n) is 18.1. The van der Waals surface area contributed by atoms with Crippen molar-refractivity contribution in [3.05, 3.63) is 108 Å². The average molecular weight is 392 g/mol. The highest BCUT2D eigenvalue weighted by Crippen LogP contribution is 2.35. The fourth-order valence-corrected chi connectivity index (χ4v) is 4.20. The Labute approximate surface area is 179 Å². The van der Waals surface area contributed by atoms with Gasteiger partial charge in [-0.1, -0.05) is 105 Å². The molecule has 150 valence electrons. The van der Waals surface area contributed by atoms with Gasteiger partial charge in [0.05, 0.1) is 0 Å². The molecule has 0 bridgehead atoms. The second-order valence-electron chi connectivity index (χ2n) is 7.79. The summed E-state index contributed by atoms with van der Waals surface area (Å²) < 4.78 is 2.24. The molecule has 30 heavy (non-hydrogen) atoms. The molecule has 1 aliphatic carbocycles. The molecule has 0 fully saturated rings. The van der Waals surface area contributed by atoms with Crippen LogP contribution >= 0.6 is 0 Å². The summed E-state index contributed by atoms with van der Waals surface area (Å²) in [6.45, 7) is 4.25. The van der Waals surface area contributed by atoms with Gasteiger partial charge in [0.2, 0.25) is 0 Å². The molecule has 1 nitrogen and oxygen atoms in total. The van der Waals surface area contributed by atoms with Gasteiger partial charge in [-0.3, -0.25) is 0 Å². The van der Waals surface area contributed by atoms with E-state index in [0.29, 0.717) is 0 Å². The summed E-state index contributed by atoms with van der Waals surface area (Å²) >= 11 is 0. The molecule has 1 heteroatoms. The lowest BCUT2D eigenvalue weighted by Gasteiger charge is -1.98. The van der Waals surface area contributed by atoms with Crippen LogP contribution in [-0.2, 0) is 13.5 Å². The van der Waals surface area contributed by atoms with Crippen molar-refractivity contribution < 1.29 is 0 Å². The molecule has 1 heterocycles. The fraction of sp³-hybridized carbons (Fsp3) is 0.172. The van der Waals surface area contributed by atoms with Crippen LogP contribution in [0.2, 0.25) is 0 Å². The van der Waals surface area contributed by atoms with E-state index in [1.807, 2.05) is 0 Å². The molecule has 0 unspecified atom stereocenters. The maximum absolute atomic E-state index is 2.24. The maximum atomic E-state index is 2.24. The molecule has 4 aromatic carbocycles. The van der Waals surface area contributed by atoms with Crippen LogP contribution in [-0.4, -0.2) is 4.57 Å². The Hall–Kier alpha value is -3.32. The molecule has 0 N–H and O–H groups in total. The second kappa shape index (κ2) is 9.00. The highest BCUT2D eigenvalue weighted by atomic mass is 14.9. The zero-order valence-corrected chi connectivity index (χ0v) is 18.1. The van der Waals surface area contributed by atoms with Gasteiger partial charge >= 0.3 is 0 Å². The minimum atomic E-state index is 1.10. The molecule has 1 aliphatic rings. The number of fused-ring (bicyclic) bond motifs is 6. The van der Waals surface area contributed by atoms with E-state index < -0.39 is 0 Å². The Kier molecular flexibility index (Phi) is 5.99. The van der Waals surface area contributed by atoms with Crippen LogP contribution in [0.4, 0.5) is 0 Å². The minimum Gasteiger partial charge on any atom is -0.344 e. The Balaban J connectivity index is 0.000000129. The summed E-state index contributed by atoms with van der Waals surface area (Å²) in [6, 6.07) is 34.3. The van der Waals surface area contributed by atoms with Crippen LogP contribution in [0.15, 0.2) is 97.1 Å². The van der Waals surface area contributed by atoms with Gasteiger partial charge < -0.3 is 4.57 Å². The minimum absolute atomic E-state index is 1.10. The highest BCUT2D eigenvalue weighted by molar-refractivity contribution is 6.07. The number of aromatic nitrogens is 1. The van der Waals surface area contributed by atoms with Gasteiger partial charge in [0.1, 0.15) is 0 Å². The molecule has 0 spiro atoms. The Morgan fingerprint density at radius 2 is 0.933 bits per heavy atom. The van der Waals surface area contributed by atoms with Gasteiger partial charge in [-0.25, -0.2) is 0 Å². The molecule has 0 aliphatic heterocycles. The first-order chi connectivity index (χ1) is 14.7. The van der Waals surface area contributed by atoms with Crippen molar-refractivity contribution in [3.63, 3.8) is 0 Å². The molecule has 5 aromatic rings. The maximum Gasteiger partial charge on any atom is 0.0488 e. The number of hydrogen-bond acceptors (Lipinski definition) is 0. The number of benzene rings is 4. The first kappa shape index (κ1) is 20.0. The SMILES string of the molecule is CCC.Cn1c2ccccc2c2ccccc21.c1ccc2c(c1)Cc1ccccc1-2. The largest absolute Gasteiger partial charge is 0.344 e. The number of hydrogen-bond donors (Lipinski definition) is 0. The van der Waals surface area contributed by atoms with Crippen molar-refractivity contribution in [1.29, 1.82) is 0 Å². The van der Waals surface area contributed by atoms with E-state index in [1.165, 1.54) is 50.5 Å². The van der Waals surface area contributed by atoms with Crippen molar-refractivity contribution in [3.8, 4) is 11.1 Å². The van der Waals surface area contributed by atoms with Crippen molar-refractivity contribution in [1.82, 2.24) is 4.57 Å². The van der Waals surface area contributed by atoms with Gasteiger partial charge in [-0.05, 0) is 40.8 Å². The number of rotatable bonds is 0. The molecular weight excluding hydrogens is 362 g/mol. The van der Waals surface area contributed by atoms with Gasteiger partial charge in [0.25, 0.3) is 0 Å². The normalized spacial score (nSPS) is 11.2. The third-order valence-corrected chi connectivity index (χ3v) is 5.53. The van der Waals surface area contributed by atoms with E-state index in [0.717, 1.165) is 6.42 Å². The summed E-state index contributed by atoms with van der Waals surface area (Å²) in [6.07, 6.45) is 2.35. The summed E-state index contributed by atoms with van der Waals surface area (Å²) in [4.78, 5) is 0. The molecule has 6 rings (SSSR count). The van der Waals surface area contributed by atoms with E-state index in [-0.39, 0.29) is 0 Å². The third kappa shape index (κ3) is 3.76. The van der Waals surface area contributed by atoms with Crippen LogP contribution < -0.4 is 0 Å². The van der Waals surface area contributed by atoms with E-state index in [4.69, 9.17) is 0 Å². The van der Waals surface area contributed by atoms with Crippen LogP contribution in [0.5, 0.6) is 0 Å². The van der Waals surface area contributed by atoms with E-state index in [9.17, 15) is 0 Å². The topological polar surface area (TPSA) is 4.93 Å². The second-order valence-corrected chi connectivity index (χ2v) is 7.79. The van der Waals surface area contributed by atoms with Crippen LogP contribution in [0, 0.1) is 0 Å².